The maximum Gasteiger partial charge on any atom is 0.407 e. The summed E-state index contributed by atoms with van der Waals surface area (Å²) in [6.45, 7) is 2.24. The van der Waals surface area contributed by atoms with Crippen LogP contribution < -0.4 is 0 Å². The molecule has 4 heteroatoms. The van der Waals surface area contributed by atoms with E-state index >= 15 is 0 Å². The van der Waals surface area contributed by atoms with E-state index < -0.39 is 11.7 Å². The standard InChI is InChI=1S/C15H21NO3/c1-15(19)9-7-13(8-10-15)16(14(17)18)11-12-5-3-2-4-6-12/h2-6,13,19H,7-11H2,1H3,(H,17,18)/t13-,15+. The van der Waals surface area contributed by atoms with Gasteiger partial charge in [-0.3, -0.25) is 0 Å². The third kappa shape index (κ3) is 3.70. The molecule has 1 fully saturated rings. The lowest BCUT2D eigenvalue weighted by atomic mass is 9.83. The predicted octanol–water partition coefficient (Wildman–Crippen LogP) is 2.86. The van der Waals surface area contributed by atoms with Gasteiger partial charge in [-0.05, 0) is 38.2 Å². The number of amides is 1. The van der Waals surface area contributed by atoms with Crippen molar-refractivity contribution < 1.29 is 15.0 Å². The molecule has 0 bridgehead atoms. The minimum atomic E-state index is -0.879. The Balaban J connectivity index is 2.03. The largest absolute Gasteiger partial charge is 0.465 e. The number of hydrogen-bond acceptors (Lipinski definition) is 2. The summed E-state index contributed by atoms with van der Waals surface area (Å²) in [6, 6.07) is 9.65. The van der Waals surface area contributed by atoms with Crippen molar-refractivity contribution in [1.82, 2.24) is 4.90 Å². The number of hydrogen-bond donors (Lipinski definition) is 2. The first-order valence-electron chi connectivity index (χ1n) is 6.74. The van der Waals surface area contributed by atoms with E-state index in [2.05, 4.69) is 0 Å². The molecule has 0 aromatic heterocycles. The second-order valence-corrected chi connectivity index (χ2v) is 5.62. The fraction of sp³-hybridized carbons (Fsp3) is 0.533. The molecule has 19 heavy (non-hydrogen) atoms. The number of carboxylic acid groups (broad SMARTS) is 1. The Kier molecular flexibility index (Phi) is 4.10. The van der Waals surface area contributed by atoms with Crippen LogP contribution in [0, 0.1) is 0 Å². The molecule has 4 nitrogen and oxygen atoms in total. The zero-order valence-electron chi connectivity index (χ0n) is 11.2. The van der Waals surface area contributed by atoms with Crippen LogP contribution in [0.15, 0.2) is 30.3 Å². The number of carbonyl (C=O) groups is 1. The predicted molar refractivity (Wildman–Crippen MR) is 72.9 cm³/mol. The van der Waals surface area contributed by atoms with Crippen LogP contribution in [-0.4, -0.2) is 32.8 Å². The van der Waals surface area contributed by atoms with Crippen molar-refractivity contribution in [3.8, 4) is 0 Å². The third-order valence-electron chi connectivity index (χ3n) is 3.91. The molecule has 0 saturated heterocycles. The Morgan fingerprint density at radius 2 is 1.89 bits per heavy atom. The first kappa shape index (κ1) is 13.9. The Bertz CT molecular complexity index is 420. The fourth-order valence-electron chi connectivity index (χ4n) is 2.67. The van der Waals surface area contributed by atoms with Gasteiger partial charge in [0, 0.05) is 12.6 Å². The van der Waals surface area contributed by atoms with Crippen molar-refractivity contribution >= 4 is 6.09 Å². The summed E-state index contributed by atoms with van der Waals surface area (Å²) < 4.78 is 0. The summed E-state index contributed by atoms with van der Waals surface area (Å²) in [5, 5.41) is 19.3. The molecular formula is C15H21NO3. The number of aliphatic hydroxyl groups is 1. The molecule has 2 N–H and O–H groups in total. The highest BCUT2D eigenvalue weighted by Gasteiger charge is 2.33. The molecular weight excluding hydrogens is 242 g/mol. The van der Waals surface area contributed by atoms with Gasteiger partial charge in [0.2, 0.25) is 0 Å². The van der Waals surface area contributed by atoms with Crippen LogP contribution in [-0.2, 0) is 6.54 Å². The van der Waals surface area contributed by atoms with Gasteiger partial charge in [-0.1, -0.05) is 30.3 Å². The monoisotopic (exact) mass is 263 g/mol. The van der Waals surface area contributed by atoms with E-state index in [4.69, 9.17) is 0 Å². The average Bonchev–Trinajstić information content (AvgIpc) is 2.37. The Morgan fingerprint density at radius 1 is 1.32 bits per heavy atom. The normalized spacial score (nSPS) is 26.9. The molecule has 0 radical (unpaired) electrons. The van der Waals surface area contributed by atoms with Crippen LogP contribution in [0.4, 0.5) is 4.79 Å². The zero-order valence-corrected chi connectivity index (χ0v) is 11.2. The molecule has 1 aromatic rings. The van der Waals surface area contributed by atoms with Gasteiger partial charge in [0.15, 0.2) is 0 Å². The molecule has 1 aliphatic carbocycles. The lowest BCUT2D eigenvalue weighted by Crippen LogP contribution is -2.44. The van der Waals surface area contributed by atoms with Crippen LogP contribution in [0.2, 0.25) is 0 Å². The molecule has 0 unspecified atom stereocenters. The summed E-state index contributed by atoms with van der Waals surface area (Å²) in [7, 11) is 0. The fourth-order valence-corrected chi connectivity index (χ4v) is 2.67. The number of rotatable bonds is 3. The first-order valence-corrected chi connectivity index (χ1v) is 6.74. The van der Waals surface area contributed by atoms with Crippen LogP contribution in [0.1, 0.15) is 38.2 Å². The molecule has 1 amide bonds. The maximum atomic E-state index is 11.4. The van der Waals surface area contributed by atoms with E-state index in [0.717, 1.165) is 18.4 Å². The van der Waals surface area contributed by atoms with E-state index in [1.165, 1.54) is 4.90 Å². The van der Waals surface area contributed by atoms with Gasteiger partial charge in [0.25, 0.3) is 0 Å². The van der Waals surface area contributed by atoms with Crippen LogP contribution in [0.5, 0.6) is 0 Å². The van der Waals surface area contributed by atoms with E-state index in [1.807, 2.05) is 37.3 Å². The summed E-state index contributed by atoms with van der Waals surface area (Å²) in [5.41, 5.74) is 0.371. The van der Waals surface area contributed by atoms with Gasteiger partial charge in [0.1, 0.15) is 0 Å². The highest BCUT2D eigenvalue weighted by atomic mass is 16.4. The third-order valence-corrected chi connectivity index (χ3v) is 3.91. The van der Waals surface area contributed by atoms with Crippen molar-refractivity contribution in [2.24, 2.45) is 0 Å². The van der Waals surface area contributed by atoms with Crippen LogP contribution in [0.3, 0.4) is 0 Å². The second kappa shape index (κ2) is 5.61. The van der Waals surface area contributed by atoms with Crippen molar-refractivity contribution in [3.05, 3.63) is 35.9 Å². The lowest BCUT2D eigenvalue weighted by Gasteiger charge is -2.38. The van der Waals surface area contributed by atoms with Crippen molar-refractivity contribution in [3.63, 3.8) is 0 Å². The smallest absolute Gasteiger partial charge is 0.407 e. The van der Waals surface area contributed by atoms with Gasteiger partial charge in [-0.15, -0.1) is 0 Å². The minimum Gasteiger partial charge on any atom is -0.465 e. The van der Waals surface area contributed by atoms with Gasteiger partial charge >= 0.3 is 6.09 Å². The highest BCUT2D eigenvalue weighted by Crippen LogP contribution is 2.31. The highest BCUT2D eigenvalue weighted by molar-refractivity contribution is 5.65. The van der Waals surface area contributed by atoms with Gasteiger partial charge in [0.05, 0.1) is 5.60 Å². The van der Waals surface area contributed by atoms with E-state index in [0.29, 0.717) is 19.4 Å². The quantitative estimate of drug-likeness (QED) is 0.881. The van der Waals surface area contributed by atoms with E-state index in [9.17, 15) is 15.0 Å². The maximum absolute atomic E-state index is 11.4. The summed E-state index contributed by atoms with van der Waals surface area (Å²) in [5.74, 6) is 0. The zero-order chi connectivity index (χ0) is 13.9. The Hall–Kier alpha value is -1.55. The van der Waals surface area contributed by atoms with E-state index in [-0.39, 0.29) is 6.04 Å². The number of nitrogens with zero attached hydrogens (tertiary/aromatic N) is 1. The summed E-state index contributed by atoms with van der Waals surface area (Å²) >= 11 is 0. The molecule has 0 aliphatic heterocycles. The summed E-state index contributed by atoms with van der Waals surface area (Å²) in [4.78, 5) is 12.9. The van der Waals surface area contributed by atoms with Crippen LogP contribution in [0.25, 0.3) is 0 Å². The Labute approximate surface area is 113 Å². The van der Waals surface area contributed by atoms with Crippen molar-refractivity contribution in [2.75, 3.05) is 0 Å². The Morgan fingerprint density at radius 3 is 2.42 bits per heavy atom. The molecule has 0 spiro atoms. The van der Waals surface area contributed by atoms with Crippen molar-refractivity contribution in [2.45, 2.75) is 50.8 Å². The van der Waals surface area contributed by atoms with E-state index in [1.54, 1.807) is 0 Å². The number of benzene rings is 1. The molecule has 1 aromatic carbocycles. The molecule has 0 heterocycles. The molecule has 0 atom stereocenters. The van der Waals surface area contributed by atoms with Gasteiger partial charge < -0.3 is 15.1 Å². The minimum absolute atomic E-state index is 0.0120. The SMILES string of the molecule is C[C@]1(O)CC[C@@H](N(Cc2ccccc2)C(=O)O)CC1. The van der Waals surface area contributed by atoms with Gasteiger partial charge in [-0.25, -0.2) is 4.79 Å². The van der Waals surface area contributed by atoms with Crippen LogP contribution >= 0.6 is 0 Å². The molecule has 2 rings (SSSR count). The van der Waals surface area contributed by atoms with Gasteiger partial charge in [-0.2, -0.15) is 0 Å². The summed E-state index contributed by atoms with van der Waals surface area (Å²) in [6.07, 6.45) is 1.90. The molecule has 104 valence electrons. The topological polar surface area (TPSA) is 60.8 Å². The van der Waals surface area contributed by atoms with Crippen molar-refractivity contribution in [1.29, 1.82) is 0 Å². The average molecular weight is 263 g/mol. The second-order valence-electron chi connectivity index (χ2n) is 5.62. The molecule has 1 aliphatic rings. The first-order chi connectivity index (χ1) is 8.98. The molecule has 1 saturated carbocycles. The lowest BCUT2D eigenvalue weighted by molar-refractivity contribution is -0.00433.